The van der Waals surface area contributed by atoms with Gasteiger partial charge in [-0.1, -0.05) is 0 Å². The first kappa shape index (κ1) is 33.6. The van der Waals surface area contributed by atoms with Gasteiger partial charge in [0.15, 0.2) is 0 Å². The molecule has 0 heterocycles. The van der Waals surface area contributed by atoms with E-state index >= 15 is 0 Å². The Labute approximate surface area is 255 Å². The maximum Gasteiger partial charge on any atom is 0.338 e. The Morgan fingerprint density at radius 2 is 0.795 bits per heavy atom. The first-order valence-corrected chi connectivity index (χ1v) is 14.2. The van der Waals surface area contributed by atoms with Crippen LogP contribution in [0.1, 0.15) is 85.8 Å². The fourth-order valence-corrected chi connectivity index (χ4v) is 4.10. The quantitative estimate of drug-likeness (QED) is 0.183. The van der Waals surface area contributed by atoms with E-state index in [2.05, 4.69) is 0 Å². The molecular formula is C33H36O11. The van der Waals surface area contributed by atoms with Gasteiger partial charge < -0.3 is 33.5 Å². The second-order valence-electron chi connectivity index (χ2n) is 9.27. The van der Waals surface area contributed by atoms with Crippen LogP contribution < -0.4 is 9.47 Å². The molecule has 11 heteroatoms. The second-order valence-corrected chi connectivity index (χ2v) is 9.27. The number of carbonyl (C=O) groups excluding carboxylic acids is 4. The molecule has 1 N–H and O–H groups in total. The van der Waals surface area contributed by atoms with E-state index in [9.17, 15) is 24.3 Å². The minimum atomic E-state index is -0.587. The molecule has 11 nitrogen and oxygen atoms in total. The van der Waals surface area contributed by atoms with Crippen molar-refractivity contribution in [2.24, 2.45) is 0 Å². The highest BCUT2D eigenvalue weighted by Gasteiger charge is 2.17. The fourth-order valence-electron chi connectivity index (χ4n) is 4.10. The topological polar surface area (TPSA) is 144 Å². The average Bonchev–Trinajstić information content (AvgIpc) is 3.02. The lowest BCUT2D eigenvalue weighted by Crippen LogP contribution is -2.11. The van der Waals surface area contributed by atoms with Crippen LogP contribution in [-0.4, -0.2) is 55.4 Å². The highest BCUT2D eigenvalue weighted by Crippen LogP contribution is 2.26. The maximum atomic E-state index is 12.4. The summed E-state index contributed by atoms with van der Waals surface area (Å²) in [6.45, 7) is 7.04. The Bertz CT molecular complexity index is 1300. The molecule has 0 saturated heterocycles. The maximum absolute atomic E-state index is 12.4. The molecule has 3 rings (SSSR count). The predicted molar refractivity (Wildman–Crippen MR) is 158 cm³/mol. The lowest BCUT2D eigenvalue weighted by atomic mass is 10.1. The van der Waals surface area contributed by atoms with Gasteiger partial charge in [0.1, 0.15) is 24.7 Å². The average molecular weight is 609 g/mol. The minimum Gasteiger partial charge on any atom is -0.489 e. The van der Waals surface area contributed by atoms with Gasteiger partial charge in [0.25, 0.3) is 0 Å². The first-order chi connectivity index (χ1) is 21.2. The molecule has 0 amide bonds. The van der Waals surface area contributed by atoms with Crippen molar-refractivity contribution in [3.8, 4) is 11.5 Å². The number of ether oxygens (including phenoxy) is 6. The van der Waals surface area contributed by atoms with E-state index in [1.54, 1.807) is 70.2 Å². The molecule has 44 heavy (non-hydrogen) atoms. The Kier molecular flexibility index (Phi) is 12.7. The number of carbonyl (C=O) groups is 4. The van der Waals surface area contributed by atoms with Crippen molar-refractivity contribution in [3.05, 3.63) is 93.5 Å². The summed E-state index contributed by atoms with van der Waals surface area (Å²) < 4.78 is 32.3. The van der Waals surface area contributed by atoms with Crippen LogP contribution in [0.25, 0.3) is 0 Å². The monoisotopic (exact) mass is 608 g/mol. The number of aliphatic hydroxyl groups excluding tert-OH is 1. The van der Waals surface area contributed by atoms with E-state index in [0.29, 0.717) is 28.2 Å². The Hall–Kier alpha value is -4.90. The first-order valence-electron chi connectivity index (χ1n) is 14.2. The summed E-state index contributed by atoms with van der Waals surface area (Å²) >= 11 is 0. The van der Waals surface area contributed by atoms with Gasteiger partial charge in [-0.2, -0.15) is 0 Å². The molecule has 0 unspecified atom stereocenters. The lowest BCUT2D eigenvalue weighted by molar-refractivity contribution is 0.0505. The zero-order valence-electron chi connectivity index (χ0n) is 25.2. The van der Waals surface area contributed by atoms with Gasteiger partial charge in [-0.25, -0.2) is 19.2 Å². The molecule has 0 aromatic heterocycles. The number of esters is 4. The van der Waals surface area contributed by atoms with Crippen molar-refractivity contribution in [2.75, 3.05) is 26.4 Å². The summed E-state index contributed by atoms with van der Waals surface area (Å²) in [5.74, 6) is -1.66. The Balaban J connectivity index is 1.83. The second kappa shape index (κ2) is 16.7. The van der Waals surface area contributed by atoms with Crippen LogP contribution in [0.3, 0.4) is 0 Å². The van der Waals surface area contributed by atoms with Crippen LogP contribution in [-0.2, 0) is 38.8 Å². The van der Waals surface area contributed by atoms with E-state index < -0.39 is 23.9 Å². The van der Waals surface area contributed by atoms with Crippen LogP contribution in [0.5, 0.6) is 11.5 Å². The van der Waals surface area contributed by atoms with Crippen molar-refractivity contribution in [1.29, 1.82) is 0 Å². The highest BCUT2D eigenvalue weighted by molar-refractivity contribution is 5.96. The van der Waals surface area contributed by atoms with Gasteiger partial charge in [-0.05, 0) is 92.9 Å². The molecular weight excluding hydrogens is 572 g/mol. The molecule has 0 spiro atoms. The van der Waals surface area contributed by atoms with Crippen molar-refractivity contribution >= 4 is 23.9 Å². The number of benzene rings is 3. The Morgan fingerprint density at radius 3 is 1.07 bits per heavy atom. The van der Waals surface area contributed by atoms with Gasteiger partial charge in [0.05, 0.1) is 55.3 Å². The molecule has 0 fully saturated rings. The fraction of sp³-hybridized carbons (Fsp3) is 0.333. The third-order valence-corrected chi connectivity index (χ3v) is 5.96. The molecule has 3 aromatic rings. The standard InChI is InChI=1S/C33H36O11/c1-5-39-30(35)24-9-22(10-25(15-24)31(36)40-6-2)19-43-28-13-21(18-34)14-29(17-28)44-20-23-11-26(32(37)41-7-3)16-27(12-23)33(38)42-8-4/h9-17,34H,5-8,18-20H2,1-4H3. The largest absolute Gasteiger partial charge is 0.489 e. The minimum absolute atomic E-state index is 0.0293. The molecule has 0 atom stereocenters. The summed E-state index contributed by atoms with van der Waals surface area (Å²) in [6, 6.07) is 13.9. The molecule has 3 aromatic carbocycles. The zero-order valence-corrected chi connectivity index (χ0v) is 25.2. The zero-order chi connectivity index (χ0) is 32.1. The summed E-state index contributed by atoms with van der Waals surface area (Å²) in [5.41, 5.74) is 2.23. The van der Waals surface area contributed by atoms with Gasteiger partial charge in [0, 0.05) is 6.07 Å². The van der Waals surface area contributed by atoms with Gasteiger partial charge >= 0.3 is 23.9 Å². The number of rotatable bonds is 15. The number of aliphatic hydroxyl groups is 1. The molecule has 0 saturated carbocycles. The van der Waals surface area contributed by atoms with Gasteiger partial charge in [-0.15, -0.1) is 0 Å². The summed E-state index contributed by atoms with van der Waals surface area (Å²) in [7, 11) is 0. The smallest absolute Gasteiger partial charge is 0.338 e. The summed E-state index contributed by atoms with van der Waals surface area (Å²) in [5, 5.41) is 9.83. The molecule has 0 aliphatic carbocycles. The molecule has 0 aliphatic heterocycles. The van der Waals surface area contributed by atoms with Crippen molar-refractivity contribution < 1.29 is 52.7 Å². The van der Waals surface area contributed by atoms with E-state index in [1.165, 1.54) is 12.1 Å². The SMILES string of the molecule is CCOC(=O)c1cc(COc2cc(CO)cc(OCc3cc(C(=O)OCC)cc(C(=O)OCC)c3)c2)cc(C(=O)OCC)c1. The molecule has 0 aliphatic rings. The molecule has 0 radical (unpaired) electrons. The third-order valence-electron chi connectivity index (χ3n) is 5.96. The molecule has 0 bridgehead atoms. The highest BCUT2D eigenvalue weighted by atomic mass is 16.5. The van der Waals surface area contributed by atoms with Crippen molar-refractivity contribution in [3.63, 3.8) is 0 Å². The number of hydrogen-bond donors (Lipinski definition) is 1. The van der Waals surface area contributed by atoms with Gasteiger partial charge in [0.2, 0.25) is 0 Å². The third kappa shape index (κ3) is 9.56. The molecule has 234 valence electrons. The van der Waals surface area contributed by atoms with Crippen LogP contribution in [0.4, 0.5) is 0 Å². The normalized spacial score (nSPS) is 10.5. The van der Waals surface area contributed by atoms with Crippen LogP contribution in [0, 0.1) is 0 Å². The Morgan fingerprint density at radius 1 is 0.477 bits per heavy atom. The number of hydrogen-bond acceptors (Lipinski definition) is 11. The van der Waals surface area contributed by atoms with E-state index in [0.717, 1.165) is 0 Å². The van der Waals surface area contributed by atoms with E-state index in [1.807, 2.05) is 0 Å². The lowest BCUT2D eigenvalue weighted by Gasteiger charge is -2.14. The van der Waals surface area contributed by atoms with E-state index in [-0.39, 0.29) is 68.5 Å². The van der Waals surface area contributed by atoms with Crippen LogP contribution in [0.2, 0.25) is 0 Å². The van der Waals surface area contributed by atoms with Crippen molar-refractivity contribution in [2.45, 2.75) is 47.5 Å². The van der Waals surface area contributed by atoms with Gasteiger partial charge in [-0.3, -0.25) is 0 Å². The summed E-state index contributed by atoms with van der Waals surface area (Å²) in [4.78, 5) is 49.6. The predicted octanol–water partition coefficient (Wildman–Crippen LogP) is 5.04. The summed E-state index contributed by atoms with van der Waals surface area (Å²) in [6.07, 6.45) is 0. The van der Waals surface area contributed by atoms with Crippen LogP contribution >= 0.6 is 0 Å². The van der Waals surface area contributed by atoms with E-state index in [4.69, 9.17) is 28.4 Å². The van der Waals surface area contributed by atoms with Crippen LogP contribution in [0.15, 0.2) is 54.6 Å². The van der Waals surface area contributed by atoms with Crippen molar-refractivity contribution in [1.82, 2.24) is 0 Å².